The van der Waals surface area contributed by atoms with E-state index in [1.807, 2.05) is 26.0 Å². The first-order chi connectivity index (χ1) is 8.25. The summed E-state index contributed by atoms with van der Waals surface area (Å²) in [6, 6.07) is 5.53. The van der Waals surface area contributed by atoms with Crippen LogP contribution in [-0.4, -0.2) is 16.2 Å². The molecule has 0 radical (unpaired) electrons. The third-order valence-electron chi connectivity index (χ3n) is 2.05. The van der Waals surface area contributed by atoms with Gasteiger partial charge in [-0.2, -0.15) is 0 Å². The smallest absolute Gasteiger partial charge is 0.169 e. The van der Waals surface area contributed by atoms with Gasteiger partial charge in [-0.1, -0.05) is 5.16 Å². The van der Waals surface area contributed by atoms with Crippen molar-refractivity contribution in [1.82, 2.24) is 10.1 Å². The zero-order valence-corrected chi connectivity index (χ0v) is 9.88. The van der Waals surface area contributed by atoms with Gasteiger partial charge >= 0.3 is 0 Å². The van der Waals surface area contributed by atoms with Crippen LogP contribution < -0.4 is 10.1 Å². The number of ether oxygens (including phenoxy) is 1. The van der Waals surface area contributed by atoms with Gasteiger partial charge in [0.1, 0.15) is 0 Å². The van der Waals surface area contributed by atoms with Gasteiger partial charge in [0.15, 0.2) is 17.3 Å². The van der Waals surface area contributed by atoms with Crippen molar-refractivity contribution in [3.63, 3.8) is 0 Å². The van der Waals surface area contributed by atoms with Crippen LogP contribution in [0, 0.1) is 0 Å². The number of nitrogens with zero attached hydrogens (tertiary/aromatic N) is 2. The fourth-order valence-corrected chi connectivity index (χ4v) is 1.38. The zero-order chi connectivity index (χ0) is 12.1. The molecule has 2 aromatic rings. The molecule has 5 nitrogen and oxygen atoms in total. The molecule has 0 bridgehead atoms. The molecule has 0 spiro atoms. The molecular formula is C12H15N3O2. The van der Waals surface area contributed by atoms with Crippen molar-refractivity contribution < 1.29 is 9.26 Å². The monoisotopic (exact) mass is 233 g/mol. The maximum atomic E-state index is 5.64. The predicted octanol–water partition coefficient (Wildman–Crippen LogP) is 2.47. The molecule has 2 aromatic heterocycles. The van der Waals surface area contributed by atoms with Crippen LogP contribution in [0.1, 0.15) is 19.6 Å². The van der Waals surface area contributed by atoms with E-state index in [2.05, 4.69) is 15.5 Å². The van der Waals surface area contributed by atoms with E-state index in [4.69, 9.17) is 9.26 Å². The number of aromatic nitrogens is 2. The maximum absolute atomic E-state index is 5.64. The van der Waals surface area contributed by atoms with E-state index in [-0.39, 0.29) is 6.10 Å². The van der Waals surface area contributed by atoms with Crippen LogP contribution in [0.3, 0.4) is 0 Å². The standard InChI is InChI=1S/C12H15N3O2/c1-9(2)16-11-4-3-6-13-12(11)14-8-10-5-7-15-17-10/h3-7,9H,8H2,1-2H3,(H,13,14). The van der Waals surface area contributed by atoms with E-state index in [9.17, 15) is 0 Å². The van der Waals surface area contributed by atoms with Gasteiger partial charge in [0.05, 0.1) is 18.8 Å². The van der Waals surface area contributed by atoms with Crippen molar-refractivity contribution in [1.29, 1.82) is 0 Å². The van der Waals surface area contributed by atoms with Gasteiger partial charge in [0, 0.05) is 12.3 Å². The van der Waals surface area contributed by atoms with Crippen molar-refractivity contribution in [3.05, 3.63) is 36.4 Å². The summed E-state index contributed by atoms with van der Waals surface area (Å²) >= 11 is 0. The van der Waals surface area contributed by atoms with E-state index < -0.39 is 0 Å². The van der Waals surface area contributed by atoms with Crippen molar-refractivity contribution in [3.8, 4) is 5.75 Å². The Morgan fingerprint density at radius 2 is 2.24 bits per heavy atom. The first-order valence-corrected chi connectivity index (χ1v) is 5.51. The Morgan fingerprint density at radius 1 is 1.35 bits per heavy atom. The van der Waals surface area contributed by atoms with E-state index in [1.54, 1.807) is 18.5 Å². The first-order valence-electron chi connectivity index (χ1n) is 5.51. The Bertz CT molecular complexity index is 455. The fourth-order valence-electron chi connectivity index (χ4n) is 1.38. The average Bonchev–Trinajstić information content (AvgIpc) is 2.80. The van der Waals surface area contributed by atoms with Crippen LogP contribution in [0.2, 0.25) is 0 Å². The molecular weight excluding hydrogens is 218 g/mol. The van der Waals surface area contributed by atoms with Crippen molar-refractivity contribution in [2.24, 2.45) is 0 Å². The number of anilines is 1. The molecule has 1 N–H and O–H groups in total. The molecule has 0 unspecified atom stereocenters. The Morgan fingerprint density at radius 3 is 2.94 bits per heavy atom. The van der Waals surface area contributed by atoms with E-state index in [0.29, 0.717) is 12.4 Å². The summed E-state index contributed by atoms with van der Waals surface area (Å²) in [5.41, 5.74) is 0. The molecule has 5 heteroatoms. The van der Waals surface area contributed by atoms with Gasteiger partial charge < -0.3 is 14.6 Å². The third-order valence-corrected chi connectivity index (χ3v) is 2.05. The molecule has 0 saturated heterocycles. The molecule has 2 rings (SSSR count). The Hall–Kier alpha value is -2.04. The quantitative estimate of drug-likeness (QED) is 0.859. The lowest BCUT2D eigenvalue weighted by molar-refractivity contribution is 0.243. The lowest BCUT2D eigenvalue weighted by Crippen LogP contribution is -2.09. The molecule has 0 aliphatic rings. The highest BCUT2D eigenvalue weighted by Gasteiger charge is 2.06. The summed E-state index contributed by atoms with van der Waals surface area (Å²) in [5, 5.41) is 6.79. The molecule has 0 saturated carbocycles. The highest BCUT2D eigenvalue weighted by Crippen LogP contribution is 2.22. The van der Waals surface area contributed by atoms with Crippen molar-refractivity contribution in [2.75, 3.05) is 5.32 Å². The van der Waals surface area contributed by atoms with Crippen LogP contribution in [-0.2, 0) is 6.54 Å². The van der Waals surface area contributed by atoms with Crippen LogP contribution in [0.5, 0.6) is 5.75 Å². The summed E-state index contributed by atoms with van der Waals surface area (Å²) in [4.78, 5) is 4.23. The fraction of sp³-hybridized carbons (Fsp3) is 0.333. The molecule has 0 aliphatic heterocycles. The number of rotatable bonds is 5. The first kappa shape index (κ1) is 11.4. The highest BCUT2D eigenvalue weighted by atomic mass is 16.5. The lowest BCUT2D eigenvalue weighted by Gasteiger charge is -2.13. The van der Waals surface area contributed by atoms with Crippen LogP contribution in [0.4, 0.5) is 5.82 Å². The van der Waals surface area contributed by atoms with E-state index in [0.717, 1.165) is 11.5 Å². The normalized spacial score (nSPS) is 10.5. The highest BCUT2D eigenvalue weighted by molar-refractivity contribution is 5.49. The minimum absolute atomic E-state index is 0.116. The molecule has 17 heavy (non-hydrogen) atoms. The maximum Gasteiger partial charge on any atom is 0.169 e. The molecule has 0 aromatic carbocycles. The van der Waals surface area contributed by atoms with Crippen LogP contribution >= 0.6 is 0 Å². The van der Waals surface area contributed by atoms with Gasteiger partial charge in [0.25, 0.3) is 0 Å². The molecule has 90 valence electrons. The summed E-state index contributed by atoms with van der Waals surface area (Å²) < 4.78 is 10.6. The second kappa shape index (κ2) is 5.34. The van der Waals surface area contributed by atoms with Crippen molar-refractivity contribution >= 4 is 5.82 Å². The number of pyridine rings is 1. The van der Waals surface area contributed by atoms with Crippen molar-refractivity contribution in [2.45, 2.75) is 26.5 Å². The van der Waals surface area contributed by atoms with Gasteiger partial charge in [-0.3, -0.25) is 0 Å². The van der Waals surface area contributed by atoms with Crippen LogP contribution in [0.15, 0.2) is 35.1 Å². The Balaban J connectivity index is 2.04. The Kier molecular flexibility index (Phi) is 3.59. The second-order valence-electron chi connectivity index (χ2n) is 3.85. The molecule has 0 amide bonds. The minimum Gasteiger partial charge on any atom is -0.487 e. The van der Waals surface area contributed by atoms with Crippen LogP contribution in [0.25, 0.3) is 0 Å². The minimum atomic E-state index is 0.116. The average molecular weight is 233 g/mol. The molecule has 2 heterocycles. The predicted molar refractivity (Wildman–Crippen MR) is 63.8 cm³/mol. The summed E-state index contributed by atoms with van der Waals surface area (Å²) in [6.07, 6.45) is 3.45. The number of hydrogen-bond acceptors (Lipinski definition) is 5. The van der Waals surface area contributed by atoms with E-state index in [1.165, 1.54) is 0 Å². The third kappa shape index (κ3) is 3.21. The van der Waals surface area contributed by atoms with Gasteiger partial charge in [-0.05, 0) is 26.0 Å². The zero-order valence-electron chi connectivity index (χ0n) is 9.88. The number of hydrogen-bond donors (Lipinski definition) is 1. The summed E-state index contributed by atoms with van der Waals surface area (Å²) in [6.45, 7) is 4.49. The summed E-state index contributed by atoms with van der Waals surface area (Å²) in [7, 11) is 0. The second-order valence-corrected chi connectivity index (χ2v) is 3.85. The molecule has 0 aliphatic carbocycles. The van der Waals surface area contributed by atoms with Gasteiger partial charge in [-0.25, -0.2) is 4.98 Å². The summed E-state index contributed by atoms with van der Waals surface area (Å²) in [5.74, 6) is 2.20. The number of nitrogens with one attached hydrogen (secondary N) is 1. The van der Waals surface area contributed by atoms with Gasteiger partial charge in [0.2, 0.25) is 0 Å². The largest absolute Gasteiger partial charge is 0.487 e. The molecule has 0 fully saturated rings. The topological polar surface area (TPSA) is 60.2 Å². The van der Waals surface area contributed by atoms with Gasteiger partial charge in [-0.15, -0.1) is 0 Å². The molecule has 0 atom stereocenters. The van der Waals surface area contributed by atoms with E-state index >= 15 is 0 Å². The SMILES string of the molecule is CC(C)Oc1cccnc1NCc1ccno1. The Labute approximate surface area is 99.8 Å². The lowest BCUT2D eigenvalue weighted by atomic mass is 10.4.